The normalized spacial score (nSPS) is 12.5. The quantitative estimate of drug-likeness (QED) is 0.0320. The summed E-state index contributed by atoms with van der Waals surface area (Å²) in [6.07, 6.45) is 87.0. The van der Waals surface area contributed by atoms with Crippen LogP contribution in [0.3, 0.4) is 0 Å². The van der Waals surface area contributed by atoms with Gasteiger partial charge in [0.25, 0.3) is 0 Å². The van der Waals surface area contributed by atoms with Gasteiger partial charge in [0.05, 0.1) is 25.4 Å². The van der Waals surface area contributed by atoms with Crippen LogP contribution in [0.25, 0.3) is 0 Å². The number of esters is 1. The van der Waals surface area contributed by atoms with E-state index < -0.39 is 12.1 Å². The van der Waals surface area contributed by atoms with E-state index in [1.54, 1.807) is 0 Å². The van der Waals surface area contributed by atoms with Gasteiger partial charge in [-0.2, -0.15) is 0 Å². The molecule has 1 amide bonds. The zero-order valence-electron chi connectivity index (χ0n) is 54.6. The van der Waals surface area contributed by atoms with E-state index in [9.17, 15) is 19.8 Å². The number of ether oxygens (including phenoxy) is 1. The molecule has 0 aromatic rings. The first kappa shape index (κ1) is 78.6. The monoisotopic (exact) mass is 1130 g/mol. The van der Waals surface area contributed by atoms with E-state index >= 15 is 0 Å². The van der Waals surface area contributed by atoms with Crippen molar-refractivity contribution in [3.8, 4) is 0 Å². The van der Waals surface area contributed by atoms with Gasteiger partial charge in [0.15, 0.2) is 0 Å². The van der Waals surface area contributed by atoms with Gasteiger partial charge in [-0.3, -0.25) is 9.59 Å². The highest BCUT2D eigenvalue weighted by atomic mass is 16.5. The van der Waals surface area contributed by atoms with Gasteiger partial charge in [-0.05, 0) is 51.4 Å². The lowest BCUT2D eigenvalue weighted by molar-refractivity contribution is -0.143. The molecule has 0 fully saturated rings. The van der Waals surface area contributed by atoms with Crippen molar-refractivity contribution in [1.29, 1.82) is 0 Å². The number of unbranched alkanes of at least 4 members (excludes halogenated alkanes) is 57. The average Bonchev–Trinajstić information content (AvgIpc) is 3.46. The van der Waals surface area contributed by atoms with Gasteiger partial charge in [0.2, 0.25) is 5.91 Å². The van der Waals surface area contributed by atoms with Crippen molar-refractivity contribution in [2.45, 2.75) is 437 Å². The first-order valence-corrected chi connectivity index (χ1v) is 36.9. The molecule has 0 aromatic carbocycles. The Balaban J connectivity index is 3.33. The number of carbonyl (C=O) groups is 2. The Kier molecular flexibility index (Phi) is 68.9. The molecule has 0 saturated heterocycles. The molecular formula is C74H145NO5. The second-order valence-electron chi connectivity index (χ2n) is 25.6. The third-order valence-corrected chi connectivity index (χ3v) is 17.6. The zero-order valence-corrected chi connectivity index (χ0v) is 54.6. The number of carbonyl (C=O) groups excluding carboxylic acids is 2. The molecule has 0 spiro atoms. The van der Waals surface area contributed by atoms with Gasteiger partial charge in [-0.15, -0.1) is 0 Å². The minimum atomic E-state index is -0.662. The van der Waals surface area contributed by atoms with Gasteiger partial charge in [0, 0.05) is 12.8 Å². The SMILES string of the molecule is CCCCCCCC/C=C\CCCCCCCCCCCC(=O)OCCCCCCCCCCCCCCCCCCCCCCCCCCCCCC(=O)NC(CO)C(O)CCCCCCCCCCCCCCCCCCC. The van der Waals surface area contributed by atoms with Crippen LogP contribution in [-0.2, 0) is 14.3 Å². The summed E-state index contributed by atoms with van der Waals surface area (Å²) >= 11 is 0. The summed E-state index contributed by atoms with van der Waals surface area (Å²) in [5, 5.41) is 23.4. The maximum Gasteiger partial charge on any atom is 0.305 e. The largest absolute Gasteiger partial charge is 0.466 e. The van der Waals surface area contributed by atoms with Crippen molar-refractivity contribution in [2.75, 3.05) is 13.2 Å². The van der Waals surface area contributed by atoms with Crippen LogP contribution in [0, 0.1) is 0 Å². The molecule has 0 saturated carbocycles. The molecule has 2 unspecified atom stereocenters. The molecule has 6 nitrogen and oxygen atoms in total. The van der Waals surface area contributed by atoms with E-state index in [0.717, 1.165) is 38.5 Å². The lowest BCUT2D eigenvalue weighted by Crippen LogP contribution is -2.45. The van der Waals surface area contributed by atoms with Gasteiger partial charge in [0.1, 0.15) is 0 Å². The van der Waals surface area contributed by atoms with E-state index in [1.165, 1.54) is 353 Å². The van der Waals surface area contributed by atoms with Gasteiger partial charge in [-0.1, -0.05) is 373 Å². The van der Waals surface area contributed by atoms with Crippen molar-refractivity contribution in [2.24, 2.45) is 0 Å². The topological polar surface area (TPSA) is 95.9 Å². The maximum atomic E-state index is 12.5. The Hall–Kier alpha value is -1.40. The minimum absolute atomic E-state index is 0.0189. The number of nitrogens with one attached hydrogen (secondary N) is 1. The summed E-state index contributed by atoms with van der Waals surface area (Å²) in [7, 11) is 0. The first-order valence-electron chi connectivity index (χ1n) is 36.9. The summed E-state index contributed by atoms with van der Waals surface area (Å²) in [4.78, 5) is 24.7. The third kappa shape index (κ3) is 65.7. The predicted molar refractivity (Wildman–Crippen MR) is 352 cm³/mol. The Labute approximate surface area is 501 Å². The zero-order chi connectivity index (χ0) is 57.8. The third-order valence-electron chi connectivity index (χ3n) is 17.6. The Morgan fingerprint density at radius 1 is 0.338 bits per heavy atom. The molecule has 80 heavy (non-hydrogen) atoms. The molecule has 0 heterocycles. The van der Waals surface area contributed by atoms with Crippen LogP contribution in [0.5, 0.6) is 0 Å². The molecule has 2 atom stereocenters. The van der Waals surface area contributed by atoms with Crippen molar-refractivity contribution < 1.29 is 24.5 Å². The van der Waals surface area contributed by atoms with Crippen LogP contribution >= 0.6 is 0 Å². The molecule has 6 heteroatoms. The maximum absolute atomic E-state index is 12.5. The summed E-state index contributed by atoms with van der Waals surface area (Å²) in [6.45, 7) is 5.00. The molecular weight excluding hydrogens is 983 g/mol. The molecule has 476 valence electrons. The van der Waals surface area contributed by atoms with Crippen LogP contribution in [0.2, 0.25) is 0 Å². The van der Waals surface area contributed by atoms with E-state index in [0.29, 0.717) is 25.9 Å². The number of hydrogen-bond donors (Lipinski definition) is 3. The number of hydrogen-bond acceptors (Lipinski definition) is 5. The van der Waals surface area contributed by atoms with Gasteiger partial charge >= 0.3 is 5.97 Å². The first-order chi connectivity index (χ1) is 39.5. The number of aliphatic hydroxyl groups excluding tert-OH is 2. The Bertz CT molecular complexity index is 1210. The fourth-order valence-electron chi connectivity index (χ4n) is 11.9. The van der Waals surface area contributed by atoms with E-state index in [-0.39, 0.29) is 18.5 Å². The summed E-state index contributed by atoms with van der Waals surface area (Å²) in [5.74, 6) is -0.00910. The predicted octanol–water partition coefficient (Wildman–Crippen LogP) is 23.9. The van der Waals surface area contributed by atoms with Crippen molar-refractivity contribution in [3.05, 3.63) is 12.2 Å². The fourth-order valence-corrected chi connectivity index (χ4v) is 11.9. The Morgan fingerprint density at radius 2 is 0.588 bits per heavy atom. The van der Waals surface area contributed by atoms with Crippen LogP contribution in [0.4, 0.5) is 0 Å². The van der Waals surface area contributed by atoms with Crippen LogP contribution < -0.4 is 5.32 Å². The number of rotatable bonds is 70. The highest BCUT2D eigenvalue weighted by Crippen LogP contribution is 2.20. The number of amides is 1. The van der Waals surface area contributed by atoms with Gasteiger partial charge < -0.3 is 20.3 Å². The van der Waals surface area contributed by atoms with E-state index in [4.69, 9.17) is 4.74 Å². The van der Waals surface area contributed by atoms with Crippen LogP contribution in [0.1, 0.15) is 425 Å². The molecule has 0 rings (SSSR count). The fraction of sp³-hybridized carbons (Fsp3) is 0.946. The molecule has 0 aromatic heterocycles. The van der Waals surface area contributed by atoms with Gasteiger partial charge in [-0.25, -0.2) is 0 Å². The molecule has 0 aliphatic rings. The smallest absolute Gasteiger partial charge is 0.305 e. The lowest BCUT2D eigenvalue weighted by Gasteiger charge is -2.22. The summed E-state index contributed by atoms with van der Waals surface area (Å²) < 4.78 is 5.51. The van der Waals surface area contributed by atoms with Crippen molar-refractivity contribution in [1.82, 2.24) is 5.32 Å². The Morgan fingerprint density at radius 3 is 0.887 bits per heavy atom. The highest BCUT2D eigenvalue weighted by molar-refractivity contribution is 5.76. The van der Waals surface area contributed by atoms with Crippen LogP contribution in [0.15, 0.2) is 12.2 Å². The average molecular weight is 1130 g/mol. The van der Waals surface area contributed by atoms with Crippen molar-refractivity contribution in [3.63, 3.8) is 0 Å². The molecule has 3 N–H and O–H groups in total. The standard InChI is InChI=1S/C74H145NO5/c1-3-5-7-9-11-13-15-17-19-21-31-36-40-44-48-52-56-60-64-68-74(79)80-69-65-61-57-53-49-45-41-37-33-30-28-26-24-22-23-25-27-29-32-35-39-43-47-51-55-59-63-67-73(78)75-71(70-76)72(77)66-62-58-54-50-46-42-38-34-20-18-16-14-12-10-8-6-4-2/h17,19,71-72,76-77H,3-16,18,20-70H2,1-2H3,(H,75,78)/b19-17-. The number of allylic oxidation sites excluding steroid dienone is 2. The van der Waals surface area contributed by atoms with E-state index in [2.05, 4.69) is 31.3 Å². The van der Waals surface area contributed by atoms with E-state index in [1.807, 2.05) is 0 Å². The van der Waals surface area contributed by atoms with Crippen LogP contribution in [-0.4, -0.2) is 47.4 Å². The molecule has 0 radical (unpaired) electrons. The summed E-state index contributed by atoms with van der Waals surface area (Å²) in [6, 6.07) is -0.539. The summed E-state index contributed by atoms with van der Waals surface area (Å²) in [5.41, 5.74) is 0. The lowest BCUT2D eigenvalue weighted by atomic mass is 10.0. The molecule has 0 bridgehead atoms. The second-order valence-corrected chi connectivity index (χ2v) is 25.6. The van der Waals surface area contributed by atoms with Crippen molar-refractivity contribution >= 4 is 11.9 Å². The second kappa shape index (κ2) is 70.1. The molecule has 0 aliphatic heterocycles. The highest BCUT2D eigenvalue weighted by Gasteiger charge is 2.20. The minimum Gasteiger partial charge on any atom is -0.466 e. The molecule has 0 aliphatic carbocycles. The number of aliphatic hydroxyl groups is 2.